The van der Waals surface area contributed by atoms with Gasteiger partial charge in [-0.15, -0.1) is 11.3 Å². The second-order valence-corrected chi connectivity index (χ2v) is 6.47. The van der Waals surface area contributed by atoms with Crippen molar-refractivity contribution in [1.82, 2.24) is 14.9 Å². The summed E-state index contributed by atoms with van der Waals surface area (Å²) in [6.45, 7) is 0.479. The number of nitrogens with one attached hydrogen (secondary N) is 2. The highest BCUT2D eigenvalue weighted by atomic mass is 32.1. The molecule has 2 heterocycles. The summed E-state index contributed by atoms with van der Waals surface area (Å²) in [5, 5.41) is 4.47. The van der Waals surface area contributed by atoms with Crippen molar-refractivity contribution >= 4 is 27.5 Å². The third-order valence-electron chi connectivity index (χ3n) is 3.78. The first kappa shape index (κ1) is 17.1. The molecule has 3 rings (SSSR count). The van der Waals surface area contributed by atoms with Crippen LogP contribution >= 0.6 is 11.3 Å². The standard InChI is InChI=1S/C17H16FN3O3S/c18-12-5-3-11(4-6-12)10-19-14(22)2-1-8-21-16(23)15-13(7-9-25-15)20-17(21)24/h3-7,9H,1-2,8,10H2,(H,19,22)(H,20,24). The van der Waals surface area contributed by atoms with Crippen LogP contribution in [0.3, 0.4) is 0 Å². The number of thiophene rings is 1. The lowest BCUT2D eigenvalue weighted by atomic mass is 10.2. The molecule has 130 valence electrons. The molecule has 2 aromatic heterocycles. The molecule has 0 saturated carbocycles. The lowest BCUT2D eigenvalue weighted by Gasteiger charge is -2.07. The largest absolute Gasteiger partial charge is 0.352 e. The van der Waals surface area contributed by atoms with Gasteiger partial charge in [-0.25, -0.2) is 9.18 Å². The number of aromatic amines is 1. The van der Waals surface area contributed by atoms with Gasteiger partial charge < -0.3 is 10.3 Å². The zero-order chi connectivity index (χ0) is 17.8. The summed E-state index contributed by atoms with van der Waals surface area (Å²) < 4.78 is 14.4. The summed E-state index contributed by atoms with van der Waals surface area (Å²) in [7, 11) is 0. The molecule has 1 aromatic carbocycles. The molecule has 6 nitrogen and oxygen atoms in total. The number of carbonyl (C=O) groups is 1. The van der Waals surface area contributed by atoms with Gasteiger partial charge in [0.2, 0.25) is 5.91 Å². The first-order valence-corrected chi connectivity index (χ1v) is 8.64. The fourth-order valence-corrected chi connectivity index (χ4v) is 3.26. The molecular weight excluding hydrogens is 345 g/mol. The van der Waals surface area contributed by atoms with Crippen molar-refractivity contribution in [2.24, 2.45) is 0 Å². The molecular formula is C17H16FN3O3S. The van der Waals surface area contributed by atoms with Crippen LogP contribution in [-0.4, -0.2) is 15.5 Å². The van der Waals surface area contributed by atoms with Crippen molar-refractivity contribution in [1.29, 1.82) is 0 Å². The van der Waals surface area contributed by atoms with Gasteiger partial charge in [-0.3, -0.25) is 14.2 Å². The molecule has 0 radical (unpaired) electrons. The quantitative estimate of drug-likeness (QED) is 0.704. The van der Waals surface area contributed by atoms with Crippen LogP contribution in [0.5, 0.6) is 0 Å². The number of hydrogen-bond donors (Lipinski definition) is 2. The van der Waals surface area contributed by atoms with Crippen LogP contribution in [-0.2, 0) is 17.9 Å². The van der Waals surface area contributed by atoms with Crippen molar-refractivity contribution in [2.45, 2.75) is 25.9 Å². The van der Waals surface area contributed by atoms with Crippen molar-refractivity contribution in [3.63, 3.8) is 0 Å². The Morgan fingerprint density at radius 2 is 1.96 bits per heavy atom. The molecule has 0 atom stereocenters. The second kappa shape index (κ2) is 7.43. The van der Waals surface area contributed by atoms with Crippen LogP contribution in [0.15, 0.2) is 45.3 Å². The normalized spacial score (nSPS) is 10.9. The maximum Gasteiger partial charge on any atom is 0.328 e. The average molecular weight is 361 g/mol. The van der Waals surface area contributed by atoms with E-state index >= 15 is 0 Å². The number of carbonyl (C=O) groups excluding carboxylic acids is 1. The van der Waals surface area contributed by atoms with Crippen LogP contribution < -0.4 is 16.6 Å². The van der Waals surface area contributed by atoms with Crippen molar-refractivity contribution in [2.75, 3.05) is 0 Å². The van der Waals surface area contributed by atoms with Crippen LogP contribution in [0.25, 0.3) is 10.2 Å². The Labute approximate surface area is 145 Å². The van der Waals surface area contributed by atoms with Crippen LogP contribution in [0.2, 0.25) is 0 Å². The van der Waals surface area contributed by atoms with E-state index in [1.807, 2.05) is 0 Å². The Bertz CT molecular complexity index is 1000. The van der Waals surface area contributed by atoms with Gasteiger partial charge in [0.05, 0.1) is 5.52 Å². The minimum atomic E-state index is -0.470. The van der Waals surface area contributed by atoms with E-state index in [0.717, 1.165) is 10.1 Å². The summed E-state index contributed by atoms with van der Waals surface area (Å²) in [5.41, 5.74) is 0.530. The van der Waals surface area contributed by atoms with Gasteiger partial charge in [0.1, 0.15) is 10.5 Å². The molecule has 0 spiro atoms. The number of hydrogen-bond acceptors (Lipinski definition) is 4. The number of nitrogens with zero attached hydrogens (tertiary/aromatic N) is 1. The Hall–Kier alpha value is -2.74. The summed E-state index contributed by atoms with van der Waals surface area (Å²) in [5.74, 6) is -0.514. The molecule has 0 bridgehead atoms. The zero-order valence-corrected chi connectivity index (χ0v) is 14.1. The van der Waals surface area contributed by atoms with E-state index in [1.165, 1.54) is 23.5 Å². The van der Waals surface area contributed by atoms with Gasteiger partial charge in [-0.1, -0.05) is 12.1 Å². The molecule has 8 heteroatoms. The predicted octanol–water partition coefficient (Wildman–Crippen LogP) is 1.99. The molecule has 2 N–H and O–H groups in total. The Kier molecular flexibility index (Phi) is 5.08. The van der Waals surface area contributed by atoms with E-state index in [2.05, 4.69) is 10.3 Å². The SMILES string of the molecule is O=C(CCCn1c(=O)[nH]c2ccsc2c1=O)NCc1ccc(F)cc1. The summed E-state index contributed by atoms with van der Waals surface area (Å²) >= 11 is 1.27. The molecule has 0 aliphatic carbocycles. The van der Waals surface area contributed by atoms with E-state index in [-0.39, 0.29) is 30.2 Å². The van der Waals surface area contributed by atoms with Gasteiger partial charge >= 0.3 is 5.69 Å². The lowest BCUT2D eigenvalue weighted by Crippen LogP contribution is -2.35. The van der Waals surface area contributed by atoms with E-state index in [4.69, 9.17) is 0 Å². The molecule has 0 unspecified atom stereocenters. The fraction of sp³-hybridized carbons (Fsp3) is 0.235. The highest BCUT2D eigenvalue weighted by molar-refractivity contribution is 7.17. The van der Waals surface area contributed by atoms with Crippen LogP contribution in [0.1, 0.15) is 18.4 Å². The first-order chi connectivity index (χ1) is 12.0. The second-order valence-electron chi connectivity index (χ2n) is 5.56. The molecule has 25 heavy (non-hydrogen) atoms. The van der Waals surface area contributed by atoms with E-state index in [1.54, 1.807) is 23.6 Å². The summed E-state index contributed by atoms with van der Waals surface area (Å²) in [6.07, 6.45) is 0.560. The monoisotopic (exact) mass is 361 g/mol. The molecule has 0 saturated heterocycles. The van der Waals surface area contributed by atoms with Crippen molar-refractivity contribution in [3.8, 4) is 0 Å². The fourth-order valence-electron chi connectivity index (χ4n) is 2.46. The van der Waals surface area contributed by atoms with Crippen molar-refractivity contribution < 1.29 is 9.18 Å². The number of benzene rings is 1. The topological polar surface area (TPSA) is 84.0 Å². The lowest BCUT2D eigenvalue weighted by molar-refractivity contribution is -0.121. The highest BCUT2D eigenvalue weighted by Crippen LogP contribution is 2.12. The highest BCUT2D eigenvalue weighted by Gasteiger charge is 2.09. The van der Waals surface area contributed by atoms with Gasteiger partial charge in [0, 0.05) is 19.5 Å². The number of H-pyrrole nitrogens is 1. The van der Waals surface area contributed by atoms with E-state index in [9.17, 15) is 18.8 Å². The number of amides is 1. The maximum atomic E-state index is 12.8. The number of halogens is 1. The Morgan fingerprint density at radius 1 is 1.20 bits per heavy atom. The summed E-state index contributed by atoms with van der Waals surface area (Å²) in [4.78, 5) is 38.7. The minimum Gasteiger partial charge on any atom is -0.352 e. The smallest absolute Gasteiger partial charge is 0.328 e. The van der Waals surface area contributed by atoms with E-state index < -0.39 is 5.69 Å². The molecule has 1 amide bonds. The Balaban J connectivity index is 1.54. The average Bonchev–Trinajstić information content (AvgIpc) is 3.06. The summed E-state index contributed by atoms with van der Waals surface area (Å²) in [6, 6.07) is 7.56. The predicted molar refractivity (Wildman–Crippen MR) is 94.2 cm³/mol. The van der Waals surface area contributed by atoms with Gasteiger partial charge in [0.25, 0.3) is 5.56 Å². The number of rotatable bonds is 6. The number of aromatic nitrogens is 2. The van der Waals surface area contributed by atoms with E-state index in [0.29, 0.717) is 23.2 Å². The maximum absolute atomic E-state index is 12.8. The molecule has 0 aliphatic heterocycles. The van der Waals surface area contributed by atoms with Gasteiger partial charge in [-0.2, -0.15) is 0 Å². The first-order valence-electron chi connectivity index (χ1n) is 7.76. The van der Waals surface area contributed by atoms with Gasteiger partial charge in [-0.05, 0) is 35.6 Å². The third kappa shape index (κ3) is 4.03. The van der Waals surface area contributed by atoms with Crippen LogP contribution in [0, 0.1) is 5.82 Å². The number of fused-ring (bicyclic) bond motifs is 1. The minimum absolute atomic E-state index is 0.173. The molecule has 3 aromatic rings. The zero-order valence-electron chi connectivity index (χ0n) is 13.3. The molecule has 0 aliphatic rings. The molecule has 0 fully saturated rings. The van der Waals surface area contributed by atoms with Gasteiger partial charge in [0.15, 0.2) is 0 Å². The third-order valence-corrected chi connectivity index (χ3v) is 4.68. The van der Waals surface area contributed by atoms with Crippen molar-refractivity contribution in [3.05, 3.63) is 67.9 Å². The Morgan fingerprint density at radius 3 is 2.72 bits per heavy atom. The van der Waals surface area contributed by atoms with Crippen LogP contribution in [0.4, 0.5) is 4.39 Å².